The van der Waals surface area contributed by atoms with Crippen LogP contribution >= 0.6 is 15.9 Å². The number of carbonyl (C=O) groups excluding carboxylic acids is 2. The highest BCUT2D eigenvalue weighted by Crippen LogP contribution is 2.32. The van der Waals surface area contributed by atoms with E-state index in [9.17, 15) is 9.59 Å². The van der Waals surface area contributed by atoms with Crippen molar-refractivity contribution in [1.82, 2.24) is 10.7 Å². The molecule has 0 bridgehead atoms. The van der Waals surface area contributed by atoms with Gasteiger partial charge in [-0.1, -0.05) is 52.3 Å². The zero-order valence-electron chi connectivity index (χ0n) is 17.4. The molecule has 0 aliphatic carbocycles. The third-order valence-corrected chi connectivity index (χ3v) is 5.17. The van der Waals surface area contributed by atoms with Crippen molar-refractivity contribution in [3.8, 4) is 17.2 Å². The highest BCUT2D eigenvalue weighted by atomic mass is 79.9. The standard InChI is InChI=1S/C24H20BrN3O5/c25-19-7-9-20(31-14-16-4-2-1-3-5-16)18(11-19)13-27-28-24(30)23(29)26-12-17-6-8-21-22(10-17)33-15-32-21/h1-11,13H,12,14-15H2,(H,26,29)(H,28,30)/b27-13-. The zero-order chi connectivity index (χ0) is 23.0. The van der Waals surface area contributed by atoms with Gasteiger partial charge in [0.05, 0.1) is 6.21 Å². The third kappa shape index (κ3) is 6.11. The molecule has 168 valence electrons. The molecule has 0 unspecified atom stereocenters. The van der Waals surface area contributed by atoms with Crippen LogP contribution in [0.25, 0.3) is 0 Å². The molecule has 0 radical (unpaired) electrons. The molecular weight excluding hydrogens is 490 g/mol. The number of ether oxygens (including phenoxy) is 3. The first-order chi connectivity index (χ1) is 16.1. The van der Waals surface area contributed by atoms with Gasteiger partial charge in [-0.05, 0) is 41.5 Å². The first-order valence-corrected chi connectivity index (χ1v) is 10.8. The van der Waals surface area contributed by atoms with Gasteiger partial charge >= 0.3 is 11.8 Å². The maximum Gasteiger partial charge on any atom is 0.329 e. The summed E-state index contributed by atoms with van der Waals surface area (Å²) in [6.07, 6.45) is 1.42. The first-order valence-electron chi connectivity index (χ1n) is 10.0. The second-order valence-corrected chi connectivity index (χ2v) is 7.94. The molecule has 0 saturated heterocycles. The van der Waals surface area contributed by atoms with Gasteiger partial charge < -0.3 is 19.5 Å². The lowest BCUT2D eigenvalue weighted by molar-refractivity contribution is -0.139. The van der Waals surface area contributed by atoms with E-state index >= 15 is 0 Å². The van der Waals surface area contributed by atoms with Gasteiger partial charge in [0.15, 0.2) is 11.5 Å². The molecule has 1 aliphatic heterocycles. The summed E-state index contributed by atoms with van der Waals surface area (Å²) < 4.78 is 17.3. The van der Waals surface area contributed by atoms with Gasteiger partial charge in [0.1, 0.15) is 12.4 Å². The van der Waals surface area contributed by atoms with E-state index in [-0.39, 0.29) is 13.3 Å². The van der Waals surface area contributed by atoms with Gasteiger partial charge in [0.25, 0.3) is 0 Å². The Balaban J connectivity index is 1.31. The van der Waals surface area contributed by atoms with Gasteiger partial charge in [-0.3, -0.25) is 9.59 Å². The second-order valence-electron chi connectivity index (χ2n) is 7.03. The monoisotopic (exact) mass is 509 g/mol. The highest BCUT2D eigenvalue weighted by molar-refractivity contribution is 9.10. The van der Waals surface area contributed by atoms with Crippen molar-refractivity contribution in [2.45, 2.75) is 13.2 Å². The number of hydrazone groups is 1. The summed E-state index contributed by atoms with van der Waals surface area (Å²) >= 11 is 3.41. The quantitative estimate of drug-likeness (QED) is 0.288. The number of halogens is 1. The average Bonchev–Trinajstić information content (AvgIpc) is 3.30. The van der Waals surface area contributed by atoms with Crippen LogP contribution in [0.3, 0.4) is 0 Å². The van der Waals surface area contributed by atoms with Crippen LogP contribution < -0.4 is 25.0 Å². The predicted molar refractivity (Wildman–Crippen MR) is 125 cm³/mol. The van der Waals surface area contributed by atoms with Crippen molar-refractivity contribution in [2.24, 2.45) is 5.10 Å². The van der Waals surface area contributed by atoms with E-state index in [1.165, 1.54) is 6.21 Å². The molecule has 33 heavy (non-hydrogen) atoms. The number of rotatable bonds is 7. The highest BCUT2D eigenvalue weighted by Gasteiger charge is 2.15. The van der Waals surface area contributed by atoms with Crippen LogP contribution in [0.1, 0.15) is 16.7 Å². The number of amides is 2. The Morgan fingerprint density at radius 3 is 2.64 bits per heavy atom. The number of benzene rings is 3. The lowest BCUT2D eigenvalue weighted by Crippen LogP contribution is -2.37. The summed E-state index contributed by atoms with van der Waals surface area (Å²) in [5, 5.41) is 6.44. The fraction of sp³-hybridized carbons (Fsp3) is 0.125. The summed E-state index contributed by atoms with van der Waals surface area (Å²) in [4.78, 5) is 24.2. The van der Waals surface area contributed by atoms with Crippen LogP contribution in [0.15, 0.2) is 76.3 Å². The molecule has 8 nitrogen and oxygen atoms in total. The van der Waals surface area contributed by atoms with E-state index in [4.69, 9.17) is 14.2 Å². The van der Waals surface area contributed by atoms with E-state index in [1.54, 1.807) is 30.3 Å². The zero-order valence-corrected chi connectivity index (χ0v) is 19.0. The Morgan fingerprint density at radius 2 is 1.79 bits per heavy atom. The van der Waals surface area contributed by atoms with E-state index < -0.39 is 11.8 Å². The summed E-state index contributed by atoms with van der Waals surface area (Å²) in [6.45, 7) is 0.718. The summed E-state index contributed by atoms with van der Waals surface area (Å²) in [5.74, 6) is 0.160. The van der Waals surface area contributed by atoms with Gasteiger partial charge in [0, 0.05) is 16.6 Å². The van der Waals surface area contributed by atoms with Crippen molar-refractivity contribution in [3.63, 3.8) is 0 Å². The smallest absolute Gasteiger partial charge is 0.329 e. The number of hydrogen-bond acceptors (Lipinski definition) is 6. The van der Waals surface area contributed by atoms with Gasteiger partial charge in [-0.2, -0.15) is 5.10 Å². The molecular formula is C24H20BrN3O5. The Hall–Kier alpha value is -3.85. The maximum absolute atomic E-state index is 12.1. The fourth-order valence-corrected chi connectivity index (χ4v) is 3.39. The van der Waals surface area contributed by atoms with Crippen LogP contribution in [0.4, 0.5) is 0 Å². The van der Waals surface area contributed by atoms with Crippen molar-refractivity contribution >= 4 is 34.0 Å². The topological polar surface area (TPSA) is 98.2 Å². The van der Waals surface area contributed by atoms with Crippen LogP contribution in [0, 0.1) is 0 Å². The minimum Gasteiger partial charge on any atom is -0.488 e. The van der Waals surface area contributed by atoms with Crippen molar-refractivity contribution in [3.05, 3.63) is 87.9 Å². The van der Waals surface area contributed by atoms with Crippen LogP contribution in [-0.2, 0) is 22.7 Å². The minimum absolute atomic E-state index is 0.162. The summed E-state index contributed by atoms with van der Waals surface area (Å²) in [5.41, 5.74) is 4.67. The number of fused-ring (bicyclic) bond motifs is 1. The predicted octanol–water partition coefficient (Wildman–Crippen LogP) is 3.52. The maximum atomic E-state index is 12.1. The molecule has 2 N–H and O–H groups in total. The van der Waals surface area contributed by atoms with Crippen LogP contribution in [0.2, 0.25) is 0 Å². The Labute approximate surface area is 198 Å². The normalized spacial score (nSPS) is 11.9. The lowest BCUT2D eigenvalue weighted by Gasteiger charge is -2.10. The number of carbonyl (C=O) groups is 2. The van der Waals surface area contributed by atoms with E-state index in [0.29, 0.717) is 29.4 Å². The number of hydrogen-bond donors (Lipinski definition) is 2. The lowest BCUT2D eigenvalue weighted by atomic mass is 10.2. The van der Waals surface area contributed by atoms with E-state index in [1.807, 2.05) is 36.4 Å². The Kier molecular flexibility index (Phi) is 7.21. The number of nitrogens with zero attached hydrogens (tertiary/aromatic N) is 1. The second kappa shape index (κ2) is 10.6. The molecule has 0 spiro atoms. The molecule has 0 fully saturated rings. The molecule has 1 heterocycles. The van der Waals surface area contributed by atoms with Crippen LogP contribution in [-0.4, -0.2) is 24.8 Å². The first kappa shape index (κ1) is 22.3. The van der Waals surface area contributed by atoms with Crippen molar-refractivity contribution < 1.29 is 23.8 Å². The molecule has 3 aromatic rings. The molecule has 0 atom stereocenters. The van der Waals surface area contributed by atoms with E-state index in [0.717, 1.165) is 15.6 Å². The largest absolute Gasteiger partial charge is 0.488 e. The SMILES string of the molecule is O=C(NCc1ccc2c(c1)OCO2)C(=O)N/N=C\c1cc(Br)ccc1OCc1ccccc1. The molecule has 3 aromatic carbocycles. The van der Waals surface area contributed by atoms with Crippen molar-refractivity contribution in [2.75, 3.05) is 6.79 Å². The molecule has 0 saturated carbocycles. The fourth-order valence-electron chi connectivity index (χ4n) is 3.01. The van der Waals surface area contributed by atoms with Crippen molar-refractivity contribution in [1.29, 1.82) is 0 Å². The van der Waals surface area contributed by atoms with Gasteiger partial charge in [-0.15, -0.1) is 0 Å². The molecule has 4 rings (SSSR count). The third-order valence-electron chi connectivity index (χ3n) is 4.68. The average molecular weight is 510 g/mol. The van der Waals surface area contributed by atoms with Crippen LogP contribution in [0.5, 0.6) is 17.2 Å². The van der Waals surface area contributed by atoms with Gasteiger partial charge in [-0.25, -0.2) is 5.43 Å². The molecule has 1 aliphatic rings. The minimum atomic E-state index is -0.881. The molecule has 9 heteroatoms. The summed E-state index contributed by atoms with van der Waals surface area (Å²) in [7, 11) is 0. The molecule has 0 aromatic heterocycles. The number of nitrogens with one attached hydrogen (secondary N) is 2. The van der Waals surface area contributed by atoms with Gasteiger partial charge in [0.2, 0.25) is 6.79 Å². The Morgan fingerprint density at radius 1 is 0.970 bits per heavy atom. The Bertz CT molecular complexity index is 1180. The molecule has 2 amide bonds. The summed E-state index contributed by atoms with van der Waals surface area (Å²) in [6, 6.07) is 20.5. The van der Waals surface area contributed by atoms with E-state index in [2.05, 4.69) is 31.8 Å².